The largest absolute Gasteiger partial charge is 0.475 e. The van der Waals surface area contributed by atoms with Crippen molar-refractivity contribution < 1.29 is 31.9 Å². The number of ether oxygens (including phenoxy) is 1. The number of carbonyl (C=O) groups is 2. The summed E-state index contributed by atoms with van der Waals surface area (Å²) in [5, 5.41) is 1.85. The van der Waals surface area contributed by atoms with Gasteiger partial charge in [0.1, 0.15) is 5.75 Å². The Kier molecular flexibility index (Phi) is 3.04. The van der Waals surface area contributed by atoms with Crippen LogP contribution in [0.2, 0.25) is 0 Å². The summed E-state index contributed by atoms with van der Waals surface area (Å²) in [5.74, 6) is -2.59. The van der Waals surface area contributed by atoms with Gasteiger partial charge < -0.3 is 4.74 Å². The van der Waals surface area contributed by atoms with Crippen molar-refractivity contribution in [1.82, 2.24) is 5.32 Å². The minimum atomic E-state index is -4.88. The van der Waals surface area contributed by atoms with Gasteiger partial charge in [-0.2, -0.15) is 17.6 Å². The molecular weight excluding hydrogens is 338 g/mol. The van der Waals surface area contributed by atoms with Gasteiger partial charge in [0.2, 0.25) is 0 Å². The van der Waals surface area contributed by atoms with Gasteiger partial charge in [-0.25, -0.2) is 0 Å². The fraction of sp³-hybridized carbons (Fsp3) is 0.200. The first-order valence-electron chi connectivity index (χ1n) is 4.76. The molecule has 0 unspecified atom stereocenters. The van der Waals surface area contributed by atoms with E-state index in [2.05, 4.69) is 4.74 Å². The number of halogens is 5. The molecule has 0 aromatic heterocycles. The number of fused-ring (bicyclic) bond motifs is 1. The molecule has 1 aliphatic rings. The number of alkyl halides is 5. The Morgan fingerprint density at radius 2 is 1.74 bits per heavy atom. The van der Waals surface area contributed by atoms with Crippen LogP contribution in [0, 0.1) is 0 Å². The molecule has 0 saturated carbocycles. The minimum absolute atomic E-state index is 0.212. The van der Waals surface area contributed by atoms with E-state index in [9.17, 15) is 27.2 Å². The second-order valence-corrected chi connectivity index (χ2v) is 4.57. The molecule has 9 heteroatoms. The zero-order chi connectivity index (χ0) is 14.4. The standard InChI is InChI=1S/C10H4BrF4NO3/c11-9(12,13)10(14,15)19-5-3-1-2-4-6(5)8(18)16-7(4)17/h1-3H,(H,16,17,18). The highest BCUT2D eigenvalue weighted by Gasteiger charge is 2.58. The highest BCUT2D eigenvalue weighted by molar-refractivity contribution is 9.10. The summed E-state index contributed by atoms with van der Waals surface area (Å²) in [6.45, 7) is 0. The van der Waals surface area contributed by atoms with Crippen LogP contribution in [0.4, 0.5) is 17.6 Å². The molecule has 1 N–H and O–H groups in total. The summed E-state index contributed by atoms with van der Waals surface area (Å²) in [7, 11) is 0. The number of hydrogen-bond acceptors (Lipinski definition) is 3. The third kappa shape index (κ3) is 2.29. The van der Waals surface area contributed by atoms with Gasteiger partial charge >= 0.3 is 10.9 Å². The van der Waals surface area contributed by atoms with E-state index in [0.29, 0.717) is 0 Å². The Morgan fingerprint density at radius 3 is 2.32 bits per heavy atom. The van der Waals surface area contributed by atoms with Crippen molar-refractivity contribution in [1.29, 1.82) is 0 Å². The molecular formula is C10H4BrF4NO3. The number of benzene rings is 1. The highest BCUT2D eigenvalue weighted by atomic mass is 79.9. The van der Waals surface area contributed by atoms with Crippen LogP contribution in [-0.2, 0) is 0 Å². The van der Waals surface area contributed by atoms with E-state index in [4.69, 9.17) is 0 Å². The summed E-state index contributed by atoms with van der Waals surface area (Å²) >= 11 is 1.49. The number of imide groups is 1. The molecule has 19 heavy (non-hydrogen) atoms. The fourth-order valence-corrected chi connectivity index (χ4v) is 1.55. The zero-order valence-electron chi connectivity index (χ0n) is 8.85. The van der Waals surface area contributed by atoms with Gasteiger partial charge in [-0.1, -0.05) is 6.07 Å². The van der Waals surface area contributed by atoms with E-state index in [1.807, 2.05) is 5.32 Å². The number of carbonyl (C=O) groups excluding carboxylic acids is 2. The maximum atomic E-state index is 13.1. The Balaban J connectivity index is 2.44. The van der Waals surface area contributed by atoms with E-state index in [-0.39, 0.29) is 5.56 Å². The third-order valence-electron chi connectivity index (χ3n) is 2.29. The molecule has 1 heterocycles. The topological polar surface area (TPSA) is 55.4 Å². The quantitative estimate of drug-likeness (QED) is 0.522. The zero-order valence-corrected chi connectivity index (χ0v) is 10.4. The van der Waals surface area contributed by atoms with Gasteiger partial charge in [-0.3, -0.25) is 14.9 Å². The van der Waals surface area contributed by atoms with Crippen LogP contribution in [0.25, 0.3) is 0 Å². The molecule has 0 aliphatic carbocycles. The molecule has 1 aliphatic heterocycles. The average Bonchev–Trinajstić information content (AvgIpc) is 2.53. The molecule has 0 saturated heterocycles. The summed E-state index contributed by atoms with van der Waals surface area (Å²) in [5.41, 5.74) is -0.708. The molecule has 4 nitrogen and oxygen atoms in total. The van der Waals surface area contributed by atoms with Crippen molar-refractivity contribution in [3.8, 4) is 5.75 Å². The maximum Gasteiger partial charge on any atom is 0.475 e. The van der Waals surface area contributed by atoms with Crippen LogP contribution in [0.3, 0.4) is 0 Å². The third-order valence-corrected chi connectivity index (χ3v) is 2.75. The van der Waals surface area contributed by atoms with Crippen molar-refractivity contribution in [2.75, 3.05) is 0 Å². The smallest absolute Gasteiger partial charge is 0.426 e. The molecule has 1 aromatic carbocycles. The minimum Gasteiger partial charge on any atom is -0.426 e. The molecule has 0 spiro atoms. The molecule has 1 aromatic rings. The van der Waals surface area contributed by atoms with Crippen LogP contribution >= 0.6 is 15.9 Å². The molecule has 2 amide bonds. The lowest BCUT2D eigenvalue weighted by molar-refractivity contribution is -0.266. The highest BCUT2D eigenvalue weighted by Crippen LogP contribution is 2.42. The van der Waals surface area contributed by atoms with Gasteiger partial charge in [0, 0.05) is 15.9 Å². The van der Waals surface area contributed by atoms with E-state index in [1.165, 1.54) is 22.0 Å². The lowest BCUT2D eigenvalue weighted by Gasteiger charge is -2.22. The van der Waals surface area contributed by atoms with Gasteiger partial charge in [-0.05, 0) is 12.1 Å². The molecule has 0 fully saturated rings. The summed E-state index contributed by atoms with van der Waals surface area (Å²) < 4.78 is 55.2. The molecule has 0 atom stereocenters. The second kappa shape index (κ2) is 4.19. The van der Waals surface area contributed by atoms with Crippen LogP contribution < -0.4 is 10.1 Å². The second-order valence-electron chi connectivity index (χ2n) is 3.58. The SMILES string of the molecule is O=C1NC(=O)c2c(OC(F)(F)C(F)(F)Br)cccc21. The summed E-state index contributed by atoms with van der Waals surface area (Å²) in [4.78, 5) is 18.0. The van der Waals surface area contributed by atoms with E-state index >= 15 is 0 Å². The lowest BCUT2D eigenvalue weighted by Crippen LogP contribution is -2.41. The molecule has 0 radical (unpaired) electrons. The Bertz CT molecular complexity index is 570. The van der Waals surface area contributed by atoms with Crippen molar-refractivity contribution >= 4 is 27.7 Å². The molecule has 102 valence electrons. The van der Waals surface area contributed by atoms with E-state index in [0.717, 1.165) is 12.1 Å². The molecule has 0 bridgehead atoms. The van der Waals surface area contributed by atoms with Crippen molar-refractivity contribution in [3.05, 3.63) is 29.3 Å². The Labute approximate surface area is 111 Å². The summed E-state index contributed by atoms with van der Waals surface area (Å²) in [6.07, 6.45) is -4.88. The van der Waals surface area contributed by atoms with Crippen LogP contribution in [0.1, 0.15) is 20.7 Å². The average molecular weight is 342 g/mol. The van der Waals surface area contributed by atoms with Gasteiger partial charge in [-0.15, -0.1) is 0 Å². The fourth-order valence-electron chi connectivity index (χ4n) is 1.47. The predicted molar refractivity (Wildman–Crippen MR) is 57.7 cm³/mol. The number of amides is 2. The number of hydrogen-bond donors (Lipinski definition) is 1. The summed E-state index contributed by atoms with van der Waals surface area (Å²) in [6, 6.07) is 3.21. The first-order chi connectivity index (χ1) is 8.63. The maximum absolute atomic E-state index is 13.1. The van der Waals surface area contributed by atoms with Crippen molar-refractivity contribution in [3.63, 3.8) is 0 Å². The van der Waals surface area contributed by atoms with E-state index in [1.54, 1.807) is 0 Å². The monoisotopic (exact) mass is 341 g/mol. The Morgan fingerprint density at radius 1 is 1.11 bits per heavy atom. The van der Waals surface area contributed by atoms with Gasteiger partial charge in [0.15, 0.2) is 0 Å². The lowest BCUT2D eigenvalue weighted by atomic mass is 10.1. The van der Waals surface area contributed by atoms with Crippen LogP contribution in [-0.4, -0.2) is 22.8 Å². The van der Waals surface area contributed by atoms with Crippen LogP contribution in [0.15, 0.2) is 18.2 Å². The predicted octanol–water partition coefficient (Wildman–Crippen LogP) is 2.53. The molecule has 2 rings (SSSR count). The number of rotatable bonds is 3. The van der Waals surface area contributed by atoms with Gasteiger partial charge in [0.05, 0.1) is 11.1 Å². The van der Waals surface area contributed by atoms with Crippen molar-refractivity contribution in [2.45, 2.75) is 10.9 Å². The van der Waals surface area contributed by atoms with Gasteiger partial charge in [0.25, 0.3) is 11.8 Å². The van der Waals surface area contributed by atoms with Crippen LogP contribution in [0.5, 0.6) is 5.75 Å². The van der Waals surface area contributed by atoms with E-state index < -0.39 is 34.1 Å². The first kappa shape index (κ1) is 13.8. The Hall–Kier alpha value is -1.64. The first-order valence-corrected chi connectivity index (χ1v) is 5.55. The van der Waals surface area contributed by atoms with Crippen molar-refractivity contribution in [2.24, 2.45) is 0 Å². The normalized spacial score (nSPS) is 15.2. The number of nitrogens with one attached hydrogen (secondary N) is 1.